The van der Waals surface area contributed by atoms with Gasteiger partial charge in [0.2, 0.25) is 10.0 Å². The normalized spacial score (nSPS) is 20.8. The molecule has 4 heterocycles. The lowest BCUT2D eigenvalue weighted by Gasteiger charge is -2.42. The van der Waals surface area contributed by atoms with Crippen molar-refractivity contribution in [3.63, 3.8) is 0 Å². The first kappa shape index (κ1) is 22.3. The van der Waals surface area contributed by atoms with Crippen LogP contribution in [0.1, 0.15) is 23.6 Å². The van der Waals surface area contributed by atoms with E-state index >= 15 is 0 Å². The maximum absolute atomic E-state index is 13.1. The maximum Gasteiger partial charge on any atom is 0.275 e. The van der Waals surface area contributed by atoms with Gasteiger partial charge in [0, 0.05) is 31.2 Å². The number of nitrogens with zero attached hydrogens (tertiary/aromatic N) is 2. The Bertz CT molecular complexity index is 1430. The number of hydrogen-bond acceptors (Lipinski definition) is 6. The van der Waals surface area contributed by atoms with E-state index in [1.807, 2.05) is 6.07 Å². The van der Waals surface area contributed by atoms with Gasteiger partial charge in [0.15, 0.2) is 0 Å². The zero-order chi connectivity index (χ0) is 23.2. The van der Waals surface area contributed by atoms with Gasteiger partial charge in [0.1, 0.15) is 9.90 Å². The molecule has 2 aliphatic heterocycles. The zero-order valence-electron chi connectivity index (χ0n) is 17.6. The molecule has 1 aromatic carbocycles. The second-order valence-electron chi connectivity index (χ2n) is 8.49. The number of aromatic nitrogens is 1. The molecule has 2 aromatic heterocycles. The lowest BCUT2D eigenvalue weighted by atomic mass is 9.84. The van der Waals surface area contributed by atoms with Crippen LogP contribution in [0.3, 0.4) is 0 Å². The van der Waals surface area contributed by atoms with Crippen LogP contribution in [0.25, 0.3) is 0 Å². The Morgan fingerprint density at radius 2 is 1.73 bits per heavy atom. The second-order valence-corrected chi connectivity index (χ2v) is 13.3. The monoisotopic (exact) mass is 505 g/mol. The van der Waals surface area contributed by atoms with Crippen LogP contribution in [0, 0.1) is 5.92 Å². The van der Waals surface area contributed by atoms with Crippen LogP contribution in [-0.2, 0) is 32.3 Å². The second kappa shape index (κ2) is 8.39. The summed E-state index contributed by atoms with van der Waals surface area (Å²) in [5, 5.41) is 1.74. The summed E-state index contributed by atoms with van der Waals surface area (Å²) >= 11 is 1.20. The molecule has 174 valence electrons. The van der Waals surface area contributed by atoms with Gasteiger partial charge in [0.05, 0.1) is 5.75 Å². The van der Waals surface area contributed by atoms with E-state index in [-0.39, 0.29) is 23.3 Å². The Morgan fingerprint density at radius 3 is 2.45 bits per heavy atom. The van der Waals surface area contributed by atoms with Gasteiger partial charge >= 0.3 is 0 Å². The molecule has 3 aromatic rings. The van der Waals surface area contributed by atoms with Gasteiger partial charge in [0.25, 0.3) is 15.6 Å². The van der Waals surface area contributed by atoms with Gasteiger partial charge in [-0.05, 0) is 41.5 Å². The van der Waals surface area contributed by atoms with Crippen LogP contribution < -0.4 is 10.3 Å². The number of nitrogens with one attached hydrogen (secondary N) is 1. The molecule has 0 spiro atoms. The van der Waals surface area contributed by atoms with Gasteiger partial charge in [-0.2, -0.15) is 4.31 Å². The van der Waals surface area contributed by atoms with Gasteiger partial charge in [-0.25, -0.2) is 16.8 Å². The summed E-state index contributed by atoms with van der Waals surface area (Å²) in [6.07, 6.45) is 0.801. The van der Waals surface area contributed by atoms with Crippen molar-refractivity contribution in [2.45, 2.75) is 28.8 Å². The van der Waals surface area contributed by atoms with Crippen molar-refractivity contribution in [1.29, 1.82) is 0 Å². The third kappa shape index (κ3) is 4.37. The number of pyridine rings is 1. The van der Waals surface area contributed by atoms with Crippen molar-refractivity contribution in [1.82, 2.24) is 8.87 Å². The summed E-state index contributed by atoms with van der Waals surface area (Å²) < 4.78 is 57.1. The predicted octanol–water partition coefficient (Wildman–Crippen LogP) is 2.66. The van der Waals surface area contributed by atoms with E-state index < -0.39 is 25.6 Å². The molecule has 11 heteroatoms. The number of thiophene rings is 1. The number of anilines is 1. The van der Waals surface area contributed by atoms with Crippen molar-refractivity contribution < 1.29 is 16.8 Å². The zero-order valence-corrected chi connectivity index (χ0v) is 20.1. The summed E-state index contributed by atoms with van der Waals surface area (Å²) in [5.74, 6) is -0.356. The molecule has 1 saturated heterocycles. The molecule has 33 heavy (non-hydrogen) atoms. The number of sulfonamides is 2. The molecule has 5 rings (SSSR count). The first-order chi connectivity index (χ1) is 15.7. The van der Waals surface area contributed by atoms with E-state index in [1.54, 1.807) is 52.4 Å². The summed E-state index contributed by atoms with van der Waals surface area (Å²) in [6, 6.07) is 15.3. The summed E-state index contributed by atoms with van der Waals surface area (Å²) in [6.45, 7) is 0.997. The van der Waals surface area contributed by atoms with Crippen molar-refractivity contribution in [2.75, 3.05) is 17.8 Å². The molecule has 0 unspecified atom stereocenters. The standard InChI is InChI=1S/C22H23N3O5S3/c26-22-19(23-32(27,28)15-16-5-2-1-3-6-16)8-9-20-18-11-17(13-25(20)22)12-24(14-18)33(29,30)21-7-4-10-31-21/h1-10,17-18,23H,11-15H2/t17-,18+/m0/s1. The quantitative estimate of drug-likeness (QED) is 0.555. The molecule has 0 amide bonds. The molecule has 0 aliphatic carbocycles. The molecule has 2 atom stereocenters. The Balaban J connectivity index is 1.40. The predicted molar refractivity (Wildman–Crippen MR) is 127 cm³/mol. The molecule has 8 nitrogen and oxygen atoms in total. The fourth-order valence-electron chi connectivity index (χ4n) is 4.71. The summed E-state index contributed by atoms with van der Waals surface area (Å²) in [5.41, 5.74) is 0.990. The summed E-state index contributed by atoms with van der Waals surface area (Å²) in [4.78, 5) is 13.1. The highest BCUT2D eigenvalue weighted by Crippen LogP contribution is 2.38. The minimum absolute atomic E-state index is 0.0118. The lowest BCUT2D eigenvalue weighted by Crippen LogP contribution is -2.49. The van der Waals surface area contributed by atoms with Crippen LogP contribution >= 0.6 is 11.3 Å². The molecule has 1 N–H and O–H groups in total. The highest BCUT2D eigenvalue weighted by Gasteiger charge is 2.40. The maximum atomic E-state index is 13.1. The minimum atomic E-state index is -3.76. The summed E-state index contributed by atoms with van der Waals surface area (Å²) in [7, 11) is -7.32. The molecule has 0 saturated carbocycles. The van der Waals surface area contributed by atoms with Crippen molar-refractivity contribution in [3.05, 3.63) is 81.6 Å². The number of hydrogen-bond donors (Lipinski definition) is 1. The Morgan fingerprint density at radius 1 is 0.939 bits per heavy atom. The van der Waals surface area contributed by atoms with Crippen molar-refractivity contribution in [3.8, 4) is 0 Å². The third-order valence-electron chi connectivity index (χ3n) is 6.12. The van der Waals surface area contributed by atoms with Crippen molar-refractivity contribution in [2.24, 2.45) is 5.92 Å². The van der Waals surface area contributed by atoms with E-state index in [2.05, 4.69) is 4.72 Å². The SMILES string of the molecule is O=c1c(NS(=O)(=O)Cc2ccccc2)ccc2n1C[C@H]1C[C@@H]2CN(S(=O)(=O)c2cccs2)C1. The molecule has 2 aliphatic rings. The fraction of sp³-hybridized carbons (Fsp3) is 0.318. The fourth-order valence-corrected chi connectivity index (χ4v) is 8.61. The topological polar surface area (TPSA) is 106 Å². The van der Waals surface area contributed by atoms with E-state index in [0.29, 0.717) is 29.4 Å². The smallest absolute Gasteiger partial charge is 0.275 e. The molecule has 0 radical (unpaired) electrons. The van der Waals surface area contributed by atoms with Crippen LogP contribution in [0.4, 0.5) is 5.69 Å². The molecule has 1 fully saturated rings. The number of benzene rings is 1. The van der Waals surface area contributed by atoms with Gasteiger partial charge in [-0.1, -0.05) is 36.4 Å². The Labute approximate surface area is 196 Å². The number of fused-ring (bicyclic) bond motifs is 4. The first-order valence-corrected chi connectivity index (χ1v) is 14.5. The first-order valence-electron chi connectivity index (χ1n) is 10.5. The van der Waals surface area contributed by atoms with Crippen LogP contribution in [0.2, 0.25) is 0 Å². The highest BCUT2D eigenvalue weighted by molar-refractivity contribution is 7.92. The third-order valence-corrected chi connectivity index (χ3v) is 10.6. The Kier molecular flexibility index (Phi) is 5.68. The highest BCUT2D eigenvalue weighted by atomic mass is 32.2. The lowest BCUT2D eigenvalue weighted by molar-refractivity contribution is 0.186. The minimum Gasteiger partial charge on any atom is -0.310 e. The van der Waals surface area contributed by atoms with Crippen LogP contribution in [0.5, 0.6) is 0 Å². The average Bonchev–Trinajstić information content (AvgIpc) is 3.32. The average molecular weight is 506 g/mol. The molecular formula is C22H23N3O5S3. The van der Waals surface area contributed by atoms with E-state index in [1.165, 1.54) is 21.7 Å². The van der Waals surface area contributed by atoms with Crippen LogP contribution in [0.15, 0.2) is 69.0 Å². The van der Waals surface area contributed by atoms with Gasteiger partial charge in [-0.15, -0.1) is 11.3 Å². The van der Waals surface area contributed by atoms with Crippen LogP contribution in [-0.4, -0.2) is 38.8 Å². The van der Waals surface area contributed by atoms with E-state index in [4.69, 9.17) is 0 Å². The molecule has 2 bridgehead atoms. The number of piperidine rings is 1. The van der Waals surface area contributed by atoms with Gasteiger partial charge in [-0.3, -0.25) is 9.52 Å². The van der Waals surface area contributed by atoms with E-state index in [0.717, 1.165) is 12.1 Å². The van der Waals surface area contributed by atoms with E-state index in [9.17, 15) is 21.6 Å². The number of rotatable bonds is 6. The molecular weight excluding hydrogens is 482 g/mol. The van der Waals surface area contributed by atoms with Gasteiger partial charge < -0.3 is 4.57 Å². The van der Waals surface area contributed by atoms with Crippen molar-refractivity contribution >= 4 is 37.1 Å². The Hall–Kier alpha value is -2.47. The largest absolute Gasteiger partial charge is 0.310 e.